The van der Waals surface area contributed by atoms with Gasteiger partial charge in [-0.1, -0.05) is 122 Å². The molecule has 0 aliphatic carbocycles. The van der Waals surface area contributed by atoms with Crippen molar-refractivity contribution in [2.24, 2.45) is 0 Å². The molecule has 6 heteroatoms. The summed E-state index contributed by atoms with van der Waals surface area (Å²) in [5.74, 6) is -0.605. The number of aliphatic hydroxyl groups is 4. The second-order valence-corrected chi connectivity index (χ2v) is 11.5. The lowest BCUT2D eigenvalue weighted by Gasteiger charge is -2.27. The fourth-order valence-electron chi connectivity index (χ4n) is 4.87. The Morgan fingerprint density at radius 1 is 0.600 bits per heavy atom. The molecule has 0 aromatic carbocycles. The maximum absolute atomic E-state index is 12.3. The molecule has 0 saturated heterocycles. The van der Waals surface area contributed by atoms with E-state index in [1.165, 1.54) is 77.0 Å². The van der Waals surface area contributed by atoms with Crippen molar-refractivity contribution < 1.29 is 25.2 Å². The Labute approximate surface area is 246 Å². The Balaban J connectivity index is 3.79. The molecular formula is C34H65NO5. The van der Waals surface area contributed by atoms with Crippen LogP contribution in [0.2, 0.25) is 0 Å². The summed E-state index contributed by atoms with van der Waals surface area (Å²) in [6, 6.07) is -0.998. The molecule has 0 rings (SSSR count). The molecule has 0 saturated carbocycles. The topological polar surface area (TPSA) is 110 Å². The van der Waals surface area contributed by atoms with E-state index in [2.05, 4.69) is 43.5 Å². The van der Waals surface area contributed by atoms with Crippen molar-refractivity contribution in [1.29, 1.82) is 0 Å². The Morgan fingerprint density at radius 3 is 1.60 bits per heavy atom. The summed E-state index contributed by atoms with van der Waals surface area (Å²) >= 11 is 0. The molecule has 0 bridgehead atoms. The second kappa shape index (κ2) is 29.3. The van der Waals surface area contributed by atoms with Crippen LogP contribution in [-0.2, 0) is 4.79 Å². The molecular weight excluding hydrogens is 502 g/mol. The van der Waals surface area contributed by atoms with Crippen LogP contribution in [0.25, 0.3) is 0 Å². The maximum atomic E-state index is 12.3. The molecule has 0 aliphatic heterocycles. The highest BCUT2D eigenvalue weighted by Crippen LogP contribution is 2.13. The van der Waals surface area contributed by atoms with Crippen LogP contribution in [0.3, 0.4) is 0 Å². The Kier molecular flexibility index (Phi) is 28.4. The van der Waals surface area contributed by atoms with E-state index in [9.17, 15) is 25.2 Å². The van der Waals surface area contributed by atoms with Gasteiger partial charge >= 0.3 is 0 Å². The lowest BCUT2D eigenvalue weighted by atomic mass is 10.00. The first-order chi connectivity index (χ1) is 19.5. The van der Waals surface area contributed by atoms with Gasteiger partial charge in [-0.25, -0.2) is 0 Å². The molecule has 1 amide bonds. The predicted octanol–water partition coefficient (Wildman–Crippen LogP) is 7.28. The van der Waals surface area contributed by atoms with Crippen LogP contribution in [0.4, 0.5) is 0 Å². The van der Waals surface area contributed by atoms with Crippen LogP contribution in [-0.4, -0.2) is 57.3 Å². The molecule has 236 valence electrons. The highest BCUT2D eigenvalue weighted by molar-refractivity contribution is 5.80. The quantitative estimate of drug-likeness (QED) is 0.0482. The van der Waals surface area contributed by atoms with Gasteiger partial charge in [-0.15, -0.1) is 0 Å². The first-order valence-electron chi connectivity index (χ1n) is 16.7. The molecule has 0 aromatic rings. The minimum absolute atomic E-state index is 0.355. The second-order valence-electron chi connectivity index (χ2n) is 11.5. The van der Waals surface area contributed by atoms with Gasteiger partial charge < -0.3 is 25.7 Å². The minimum Gasteiger partial charge on any atom is -0.394 e. The Bertz CT molecular complexity index is 609. The molecule has 6 nitrogen and oxygen atoms in total. The number of unbranched alkanes of at least 4 members (excludes halogenated alkanes) is 16. The van der Waals surface area contributed by atoms with Crippen molar-refractivity contribution in [3.05, 3.63) is 24.3 Å². The smallest absolute Gasteiger partial charge is 0.249 e. The van der Waals surface area contributed by atoms with Crippen molar-refractivity contribution >= 4 is 5.91 Å². The molecule has 0 aliphatic rings. The number of hydrogen-bond acceptors (Lipinski definition) is 5. The third-order valence-electron chi connectivity index (χ3n) is 7.62. The van der Waals surface area contributed by atoms with Gasteiger partial charge in [-0.05, 0) is 57.8 Å². The molecule has 5 N–H and O–H groups in total. The Morgan fingerprint density at radius 2 is 1.07 bits per heavy atom. The molecule has 4 atom stereocenters. The van der Waals surface area contributed by atoms with E-state index >= 15 is 0 Å². The summed E-state index contributed by atoms with van der Waals surface area (Å²) < 4.78 is 0. The van der Waals surface area contributed by atoms with E-state index in [-0.39, 0.29) is 0 Å². The summed E-state index contributed by atoms with van der Waals surface area (Å²) in [4.78, 5) is 12.3. The summed E-state index contributed by atoms with van der Waals surface area (Å²) in [5.41, 5.74) is 0. The van der Waals surface area contributed by atoms with E-state index in [1.807, 2.05) is 0 Å². The van der Waals surface area contributed by atoms with E-state index in [0.29, 0.717) is 19.3 Å². The number of allylic oxidation sites excluding steroid dienone is 4. The first kappa shape index (κ1) is 38.8. The minimum atomic E-state index is -1.28. The molecule has 0 heterocycles. The zero-order valence-corrected chi connectivity index (χ0v) is 26.1. The monoisotopic (exact) mass is 567 g/mol. The molecule has 0 fully saturated rings. The average Bonchev–Trinajstić information content (AvgIpc) is 2.96. The predicted molar refractivity (Wildman–Crippen MR) is 168 cm³/mol. The number of carbonyl (C=O) groups excluding carboxylic acids is 1. The van der Waals surface area contributed by atoms with Gasteiger partial charge in [0.2, 0.25) is 5.91 Å². The van der Waals surface area contributed by atoms with Crippen molar-refractivity contribution in [3.63, 3.8) is 0 Å². The average molecular weight is 568 g/mol. The SMILES string of the molecule is CCC/C=C/CCCC(O)C(O)C(CO)NC(=O)C(O)CCCCCCCC/C=C\CCCCCCCCCC. The molecule has 0 aromatic heterocycles. The number of aliphatic hydroxyl groups excluding tert-OH is 4. The van der Waals surface area contributed by atoms with Crippen LogP contribution in [0.5, 0.6) is 0 Å². The Hall–Kier alpha value is -1.21. The lowest BCUT2D eigenvalue weighted by molar-refractivity contribution is -0.132. The zero-order valence-electron chi connectivity index (χ0n) is 26.1. The summed E-state index contributed by atoms with van der Waals surface area (Å²) in [6.45, 7) is 3.88. The van der Waals surface area contributed by atoms with Gasteiger partial charge in [0.05, 0.1) is 18.8 Å². The van der Waals surface area contributed by atoms with Crippen molar-refractivity contribution in [3.8, 4) is 0 Å². The fourth-order valence-corrected chi connectivity index (χ4v) is 4.87. The van der Waals surface area contributed by atoms with E-state index in [0.717, 1.165) is 44.9 Å². The van der Waals surface area contributed by atoms with Gasteiger partial charge in [0.25, 0.3) is 0 Å². The summed E-state index contributed by atoms with van der Waals surface area (Å²) in [7, 11) is 0. The van der Waals surface area contributed by atoms with E-state index in [4.69, 9.17) is 0 Å². The lowest BCUT2D eigenvalue weighted by Crippen LogP contribution is -2.53. The zero-order chi connectivity index (χ0) is 29.7. The van der Waals surface area contributed by atoms with Crippen LogP contribution in [0.1, 0.15) is 155 Å². The van der Waals surface area contributed by atoms with Gasteiger partial charge in [0.1, 0.15) is 12.2 Å². The third-order valence-corrected chi connectivity index (χ3v) is 7.62. The van der Waals surface area contributed by atoms with Gasteiger partial charge in [-0.2, -0.15) is 0 Å². The van der Waals surface area contributed by atoms with Crippen molar-refractivity contribution in [1.82, 2.24) is 5.32 Å². The summed E-state index contributed by atoms with van der Waals surface area (Å²) in [5, 5.41) is 42.9. The fraction of sp³-hybridized carbons (Fsp3) is 0.853. The number of rotatable bonds is 29. The molecule has 4 unspecified atom stereocenters. The normalized spacial score (nSPS) is 15.1. The van der Waals surface area contributed by atoms with Crippen molar-refractivity contribution in [2.45, 2.75) is 179 Å². The van der Waals surface area contributed by atoms with Gasteiger partial charge in [0, 0.05) is 0 Å². The number of amides is 1. The first-order valence-corrected chi connectivity index (χ1v) is 16.7. The number of hydrogen-bond donors (Lipinski definition) is 5. The number of carbonyl (C=O) groups is 1. The van der Waals surface area contributed by atoms with E-state index in [1.54, 1.807) is 0 Å². The van der Waals surface area contributed by atoms with Crippen LogP contribution in [0.15, 0.2) is 24.3 Å². The third kappa shape index (κ3) is 23.5. The standard InChI is InChI=1S/C34H65NO5/c1-3-5-7-9-11-12-13-14-15-16-17-18-19-20-21-22-24-26-28-32(38)34(40)35-30(29-36)33(39)31(37)27-25-23-10-8-6-4-2/h8,10,16-17,30-33,36-39H,3-7,9,11-15,18-29H2,1-2H3,(H,35,40)/b10-8+,17-16-. The summed E-state index contributed by atoms with van der Waals surface area (Å²) in [6.07, 6.45) is 29.5. The maximum Gasteiger partial charge on any atom is 0.249 e. The van der Waals surface area contributed by atoms with Crippen LogP contribution < -0.4 is 5.32 Å². The molecule has 0 spiro atoms. The van der Waals surface area contributed by atoms with Crippen LogP contribution in [0, 0.1) is 0 Å². The largest absolute Gasteiger partial charge is 0.394 e. The molecule has 0 radical (unpaired) electrons. The van der Waals surface area contributed by atoms with Crippen molar-refractivity contribution in [2.75, 3.05) is 6.61 Å². The van der Waals surface area contributed by atoms with E-state index < -0.39 is 36.9 Å². The highest BCUT2D eigenvalue weighted by atomic mass is 16.3. The van der Waals surface area contributed by atoms with Gasteiger partial charge in [0.15, 0.2) is 0 Å². The number of nitrogens with one attached hydrogen (secondary N) is 1. The molecule has 40 heavy (non-hydrogen) atoms. The van der Waals surface area contributed by atoms with Gasteiger partial charge in [-0.3, -0.25) is 4.79 Å². The van der Waals surface area contributed by atoms with Crippen LogP contribution >= 0.6 is 0 Å². The highest BCUT2D eigenvalue weighted by Gasteiger charge is 2.28.